The van der Waals surface area contributed by atoms with Crippen molar-refractivity contribution in [2.24, 2.45) is 0 Å². The van der Waals surface area contributed by atoms with E-state index in [9.17, 15) is 0 Å². The molecule has 2 heteroatoms. The maximum Gasteiger partial charge on any atom is 0.468 e. The smallest absolute Gasteiger partial charge is 0.307 e. The van der Waals surface area contributed by atoms with Gasteiger partial charge in [-0.3, -0.25) is 0 Å². The van der Waals surface area contributed by atoms with Gasteiger partial charge in [-0.15, -0.1) is 4.55 Å². The average Bonchev–Trinajstić information content (AvgIpc) is 2.03. The lowest BCUT2D eigenvalue weighted by Crippen LogP contribution is -1.81. The topological polar surface area (TPSA) is 0 Å². The Labute approximate surface area is 87.1 Å². The summed E-state index contributed by atoms with van der Waals surface area (Å²) in [6.07, 6.45) is 10.2. The second kappa shape index (κ2) is 11.2. The predicted octanol–water partition coefficient (Wildman–Crippen LogP) is 4.17. The first-order valence-electron chi connectivity index (χ1n) is 4.97. The Bertz CT molecular complexity index is 58.6. The molecule has 0 atom stereocenters. The Morgan fingerprint density at radius 2 is 1.45 bits per heavy atom. The van der Waals surface area contributed by atoms with E-state index < -0.39 is 0 Å². The van der Waals surface area contributed by atoms with Gasteiger partial charge >= 0.3 is 18.2 Å². The molecule has 0 amide bonds. The van der Waals surface area contributed by atoms with Crippen molar-refractivity contribution in [2.75, 3.05) is 0 Å². The molecule has 0 aliphatic rings. The Morgan fingerprint density at radius 1 is 0.909 bits per heavy atom. The summed E-state index contributed by atoms with van der Waals surface area (Å²) in [6, 6.07) is 0. The molecule has 0 aliphatic carbocycles. The first-order chi connectivity index (χ1) is 5.41. The lowest BCUT2D eigenvalue weighted by Gasteiger charge is -1.98. The summed E-state index contributed by atoms with van der Waals surface area (Å²) < 4.78 is 1.49. The van der Waals surface area contributed by atoms with Gasteiger partial charge in [0.1, 0.15) is 0 Å². The van der Waals surface area contributed by atoms with E-state index in [0.29, 0.717) is 0 Å². The van der Waals surface area contributed by atoms with Gasteiger partial charge in [-0.1, -0.05) is 51.9 Å². The van der Waals surface area contributed by atoms with Crippen molar-refractivity contribution < 1.29 is 0 Å². The van der Waals surface area contributed by atoms with Crippen LogP contribution in [0.5, 0.6) is 0 Å². The molecule has 0 radical (unpaired) electrons. The highest BCUT2D eigenvalue weighted by Crippen LogP contribution is 2.08. The standard InChI is InChI=1S/C9H19.BrH.Mg/c1-3-5-7-9-8-6-4-2;;/h1,3-9H2,2H3;1H;/q;;+1/p-1. The molecule has 64 valence electrons. The van der Waals surface area contributed by atoms with Gasteiger partial charge in [0.15, 0.2) is 0 Å². The second-order valence-electron chi connectivity index (χ2n) is 3.16. The molecule has 0 aromatic heterocycles. The number of hydrogen-bond acceptors (Lipinski definition) is 0. The summed E-state index contributed by atoms with van der Waals surface area (Å²) in [5, 5.41) is 0. The predicted molar refractivity (Wildman–Crippen MR) is 57.5 cm³/mol. The SMILES string of the molecule is CCCCCCCC[CH2][Mg][Br]. The monoisotopic (exact) mass is 230 g/mol. The van der Waals surface area contributed by atoms with Crippen LogP contribution in [0.3, 0.4) is 0 Å². The molecule has 0 aliphatic heterocycles. The van der Waals surface area contributed by atoms with Gasteiger partial charge in [-0.05, 0) is 0 Å². The van der Waals surface area contributed by atoms with Crippen molar-refractivity contribution in [3.63, 3.8) is 0 Å². The molecule has 0 rings (SSSR count). The first kappa shape index (κ1) is 12.2. The highest BCUT2D eigenvalue weighted by atomic mass is 79.9. The van der Waals surface area contributed by atoms with E-state index in [0.717, 1.165) is 0 Å². The van der Waals surface area contributed by atoms with Crippen LogP contribution in [0.15, 0.2) is 0 Å². The van der Waals surface area contributed by atoms with Crippen LogP contribution >= 0.6 is 12.9 Å². The molecule has 0 saturated carbocycles. The average molecular weight is 231 g/mol. The molecule has 0 heterocycles. The lowest BCUT2D eigenvalue weighted by atomic mass is 10.1. The minimum Gasteiger partial charge on any atom is -0.307 e. The molecule has 11 heavy (non-hydrogen) atoms. The van der Waals surface area contributed by atoms with Crippen LogP contribution in [-0.2, 0) is 0 Å². The van der Waals surface area contributed by atoms with Gasteiger partial charge in [0.05, 0.1) is 0 Å². The quantitative estimate of drug-likeness (QED) is 0.434. The summed E-state index contributed by atoms with van der Waals surface area (Å²) in [6.45, 7) is 2.27. The zero-order valence-electron chi connectivity index (χ0n) is 7.74. The largest absolute Gasteiger partial charge is 0.468 e. The fourth-order valence-electron chi connectivity index (χ4n) is 1.23. The second-order valence-corrected chi connectivity index (χ2v) is 6.63. The van der Waals surface area contributed by atoms with Crippen LogP contribution in [0.4, 0.5) is 0 Å². The van der Waals surface area contributed by atoms with Gasteiger partial charge in [0, 0.05) is 0 Å². The minimum absolute atomic E-state index is 0.183. The Balaban J connectivity index is 2.69. The highest BCUT2D eigenvalue weighted by Gasteiger charge is 1.91. The number of halogens is 1. The number of unbranched alkanes of at least 4 members (excludes halogenated alkanes) is 6. The van der Waals surface area contributed by atoms with E-state index >= 15 is 0 Å². The fourth-order valence-corrected chi connectivity index (χ4v) is 2.96. The third kappa shape index (κ3) is 11.2. The van der Waals surface area contributed by atoms with Crippen LogP contribution in [0.25, 0.3) is 0 Å². The summed E-state index contributed by atoms with van der Waals surface area (Å²) in [7, 11) is 0. The zero-order valence-corrected chi connectivity index (χ0v) is 10.7. The number of hydrogen-bond donors (Lipinski definition) is 0. The van der Waals surface area contributed by atoms with Crippen LogP contribution in [0, 0.1) is 0 Å². The van der Waals surface area contributed by atoms with Gasteiger partial charge in [0.2, 0.25) is 0 Å². The van der Waals surface area contributed by atoms with Crippen molar-refractivity contribution in [3.05, 3.63) is 0 Å². The van der Waals surface area contributed by atoms with Gasteiger partial charge in [-0.2, -0.15) is 0 Å². The molecule has 0 nitrogen and oxygen atoms in total. The summed E-state index contributed by atoms with van der Waals surface area (Å²) >= 11 is 3.76. The third-order valence-electron chi connectivity index (χ3n) is 1.99. The molecular formula is C9H19BrMg. The lowest BCUT2D eigenvalue weighted by molar-refractivity contribution is 0.602. The Hall–Kier alpha value is 1.25. The van der Waals surface area contributed by atoms with Crippen molar-refractivity contribution >= 4 is 31.1 Å². The number of rotatable bonds is 8. The summed E-state index contributed by atoms with van der Waals surface area (Å²) in [5.41, 5.74) is 0. The van der Waals surface area contributed by atoms with Crippen LogP contribution < -0.4 is 0 Å². The van der Waals surface area contributed by atoms with E-state index in [1.54, 1.807) is 0 Å². The fraction of sp³-hybridized carbons (Fsp3) is 1.00. The Morgan fingerprint density at radius 3 is 2.00 bits per heavy atom. The van der Waals surface area contributed by atoms with Gasteiger partial charge in [0.25, 0.3) is 0 Å². The summed E-state index contributed by atoms with van der Waals surface area (Å²) in [5.74, 6) is 0. The van der Waals surface area contributed by atoms with E-state index in [2.05, 4.69) is 19.8 Å². The Kier molecular flexibility index (Phi) is 12.5. The van der Waals surface area contributed by atoms with Gasteiger partial charge < -0.3 is 12.9 Å². The van der Waals surface area contributed by atoms with Gasteiger partial charge in [-0.25, -0.2) is 0 Å². The molecule has 0 fully saturated rings. The van der Waals surface area contributed by atoms with E-state index in [1.807, 2.05) is 0 Å². The first-order valence-corrected chi connectivity index (χ1v) is 9.87. The molecule has 0 unspecified atom stereocenters. The van der Waals surface area contributed by atoms with E-state index in [1.165, 1.54) is 49.5 Å². The summed E-state index contributed by atoms with van der Waals surface area (Å²) in [4.78, 5) is 0. The zero-order chi connectivity index (χ0) is 8.36. The van der Waals surface area contributed by atoms with Crippen molar-refractivity contribution in [3.8, 4) is 0 Å². The van der Waals surface area contributed by atoms with Crippen molar-refractivity contribution in [2.45, 2.75) is 56.4 Å². The molecule has 0 bridgehead atoms. The normalized spacial score (nSPS) is 9.64. The van der Waals surface area contributed by atoms with E-state index in [-0.39, 0.29) is 18.2 Å². The minimum atomic E-state index is 0.183. The molecule has 0 aromatic carbocycles. The third-order valence-corrected chi connectivity index (χ3v) is 4.44. The van der Waals surface area contributed by atoms with Crippen LogP contribution in [0.2, 0.25) is 4.55 Å². The molecule has 0 saturated heterocycles. The van der Waals surface area contributed by atoms with Crippen molar-refractivity contribution in [1.82, 2.24) is 0 Å². The van der Waals surface area contributed by atoms with E-state index in [4.69, 9.17) is 0 Å². The molecule has 0 aromatic rings. The molecule has 0 N–H and O–H groups in total. The van der Waals surface area contributed by atoms with Crippen LogP contribution in [-0.4, -0.2) is 18.2 Å². The molecular weight excluding hydrogens is 212 g/mol. The van der Waals surface area contributed by atoms with Crippen molar-refractivity contribution in [1.29, 1.82) is 0 Å². The highest BCUT2D eigenvalue weighted by molar-refractivity contribution is 9.23. The maximum absolute atomic E-state index is 3.58. The van der Waals surface area contributed by atoms with Crippen LogP contribution in [0.1, 0.15) is 51.9 Å². The molecule has 0 spiro atoms. The maximum atomic E-state index is 3.58.